The van der Waals surface area contributed by atoms with E-state index < -0.39 is 0 Å². The van der Waals surface area contributed by atoms with Gasteiger partial charge in [0.15, 0.2) is 0 Å². The minimum Gasteiger partial charge on any atom is -0.382 e. The van der Waals surface area contributed by atoms with Crippen LogP contribution in [0.15, 0.2) is 30.3 Å². The number of aromatic nitrogens is 1. The maximum atomic E-state index is 6.16. The van der Waals surface area contributed by atoms with Gasteiger partial charge in [0, 0.05) is 30.3 Å². The van der Waals surface area contributed by atoms with Crippen LogP contribution >= 0.6 is 0 Å². The van der Waals surface area contributed by atoms with Gasteiger partial charge in [-0.3, -0.25) is 4.98 Å². The lowest BCUT2D eigenvalue weighted by Gasteiger charge is -2.12. The first kappa shape index (κ1) is 13.0. The first-order chi connectivity index (χ1) is 8.70. The third-order valence-corrected chi connectivity index (χ3v) is 3.06. The lowest BCUT2D eigenvalue weighted by atomic mass is 10.0. The van der Waals surface area contributed by atoms with Crippen molar-refractivity contribution in [3.63, 3.8) is 0 Å². The molecule has 0 aliphatic heterocycles. The van der Waals surface area contributed by atoms with Crippen LogP contribution in [0, 0.1) is 6.92 Å². The van der Waals surface area contributed by atoms with E-state index in [9.17, 15) is 0 Å². The third-order valence-electron chi connectivity index (χ3n) is 3.06. The molecule has 0 aliphatic carbocycles. The van der Waals surface area contributed by atoms with E-state index in [4.69, 9.17) is 10.5 Å². The molecule has 0 saturated carbocycles. The summed E-state index contributed by atoms with van der Waals surface area (Å²) in [7, 11) is 0. The van der Waals surface area contributed by atoms with Crippen LogP contribution in [0.4, 0.5) is 0 Å². The lowest BCUT2D eigenvalue weighted by molar-refractivity contribution is 0.140. The molecule has 0 radical (unpaired) electrons. The van der Waals surface area contributed by atoms with Crippen molar-refractivity contribution in [3.05, 3.63) is 41.6 Å². The molecular formula is C15H20N2O. The first-order valence-corrected chi connectivity index (χ1v) is 6.41. The second-order valence-electron chi connectivity index (χ2n) is 4.50. The summed E-state index contributed by atoms with van der Waals surface area (Å²) < 4.78 is 5.34. The van der Waals surface area contributed by atoms with Crippen molar-refractivity contribution >= 4 is 10.9 Å². The van der Waals surface area contributed by atoms with Crippen LogP contribution < -0.4 is 5.73 Å². The number of ether oxygens (including phenoxy) is 1. The Bertz CT molecular complexity index is 525. The Morgan fingerprint density at radius 1 is 1.28 bits per heavy atom. The molecule has 0 aliphatic rings. The maximum Gasteiger partial charge on any atom is 0.0705 e. The smallest absolute Gasteiger partial charge is 0.0705 e. The normalized spacial score (nSPS) is 12.8. The third kappa shape index (κ3) is 3.06. The second-order valence-corrected chi connectivity index (χ2v) is 4.50. The summed E-state index contributed by atoms with van der Waals surface area (Å²) in [4.78, 5) is 4.49. The molecule has 1 aromatic heterocycles. The minimum absolute atomic E-state index is 0.0299. The van der Waals surface area contributed by atoms with Gasteiger partial charge in [-0.1, -0.05) is 12.1 Å². The molecule has 18 heavy (non-hydrogen) atoms. The molecule has 0 bridgehead atoms. The van der Waals surface area contributed by atoms with Crippen LogP contribution in [-0.4, -0.2) is 18.2 Å². The lowest BCUT2D eigenvalue weighted by Crippen LogP contribution is -2.13. The van der Waals surface area contributed by atoms with E-state index in [0.29, 0.717) is 6.61 Å². The fourth-order valence-corrected chi connectivity index (χ4v) is 2.00. The fourth-order valence-electron chi connectivity index (χ4n) is 2.00. The topological polar surface area (TPSA) is 48.1 Å². The number of rotatable bonds is 5. The van der Waals surface area contributed by atoms with Gasteiger partial charge in [0.05, 0.1) is 5.52 Å². The van der Waals surface area contributed by atoms with E-state index >= 15 is 0 Å². The molecule has 0 spiro atoms. The van der Waals surface area contributed by atoms with Crippen molar-refractivity contribution in [1.82, 2.24) is 4.98 Å². The molecule has 1 unspecified atom stereocenters. The molecule has 2 N–H and O–H groups in total. The summed E-state index contributed by atoms with van der Waals surface area (Å²) >= 11 is 0. The number of pyridine rings is 1. The quantitative estimate of drug-likeness (QED) is 0.823. The second kappa shape index (κ2) is 5.94. The molecule has 1 atom stereocenters. The SMILES string of the molecule is CCOCCC(N)c1ccc2nc(C)ccc2c1. The van der Waals surface area contributed by atoms with E-state index in [1.165, 1.54) is 0 Å². The fraction of sp³-hybridized carbons (Fsp3) is 0.400. The van der Waals surface area contributed by atoms with Gasteiger partial charge in [-0.25, -0.2) is 0 Å². The van der Waals surface area contributed by atoms with Crippen molar-refractivity contribution in [2.45, 2.75) is 26.3 Å². The summed E-state index contributed by atoms with van der Waals surface area (Å²) in [5.74, 6) is 0. The summed E-state index contributed by atoms with van der Waals surface area (Å²) in [5, 5.41) is 1.14. The molecule has 0 fully saturated rings. The Morgan fingerprint density at radius 2 is 2.11 bits per heavy atom. The van der Waals surface area contributed by atoms with Crippen molar-refractivity contribution in [2.75, 3.05) is 13.2 Å². The van der Waals surface area contributed by atoms with E-state index in [-0.39, 0.29) is 6.04 Å². The molecule has 0 amide bonds. The van der Waals surface area contributed by atoms with Crippen molar-refractivity contribution in [2.24, 2.45) is 5.73 Å². The number of fused-ring (bicyclic) bond motifs is 1. The summed E-state index contributed by atoms with van der Waals surface area (Å²) in [6, 6.07) is 10.4. The highest BCUT2D eigenvalue weighted by Gasteiger charge is 2.07. The van der Waals surface area contributed by atoms with Crippen LogP contribution in [0.25, 0.3) is 10.9 Å². The van der Waals surface area contributed by atoms with E-state index in [2.05, 4.69) is 23.2 Å². The standard InChI is InChI=1S/C15H20N2O/c1-3-18-9-8-14(16)12-6-7-15-13(10-12)5-4-11(2)17-15/h4-7,10,14H,3,8-9,16H2,1-2H3. The predicted octanol–water partition coefficient (Wildman–Crippen LogP) is 2.97. The molecule has 96 valence electrons. The van der Waals surface area contributed by atoms with Gasteiger partial charge in [-0.05, 0) is 44.0 Å². The van der Waals surface area contributed by atoms with Gasteiger partial charge in [0.2, 0.25) is 0 Å². The largest absolute Gasteiger partial charge is 0.382 e. The Balaban J connectivity index is 2.16. The van der Waals surface area contributed by atoms with Crippen LogP contribution in [-0.2, 0) is 4.74 Å². The van der Waals surface area contributed by atoms with Crippen LogP contribution in [0.3, 0.4) is 0 Å². The number of aryl methyl sites for hydroxylation is 1. The van der Waals surface area contributed by atoms with Crippen LogP contribution in [0.1, 0.15) is 30.6 Å². The van der Waals surface area contributed by atoms with Crippen molar-refractivity contribution < 1.29 is 4.74 Å². The van der Waals surface area contributed by atoms with Gasteiger partial charge >= 0.3 is 0 Å². The monoisotopic (exact) mass is 244 g/mol. The maximum absolute atomic E-state index is 6.16. The van der Waals surface area contributed by atoms with Gasteiger partial charge < -0.3 is 10.5 Å². The summed E-state index contributed by atoms with van der Waals surface area (Å²) in [5.41, 5.74) is 9.36. The highest BCUT2D eigenvalue weighted by Crippen LogP contribution is 2.20. The number of hydrogen-bond acceptors (Lipinski definition) is 3. The molecule has 0 saturated heterocycles. The summed E-state index contributed by atoms with van der Waals surface area (Å²) in [6.07, 6.45) is 0.846. The van der Waals surface area contributed by atoms with Gasteiger partial charge in [0.1, 0.15) is 0 Å². The van der Waals surface area contributed by atoms with Crippen molar-refractivity contribution in [1.29, 1.82) is 0 Å². The van der Waals surface area contributed by atoms with E-state index in [1.807, 2.05) is 26.0 Å². The van der Waals surface area contributed by atoms with Gasteiger partial charge in [-0.2, -0.15) is 0 Å². The van der Waals surface area contributed by atoms with E-state index in [0.717, 1.165) is 35.2 Å². The Hall–Kier alpha value is -1.45. The number of nitrogens with zero attached hydrogens (tertiary/aromatic N) is 1. The predicted molar refractivity (Wildman–Crippen MR) is 74.5 cm³/mol. The number of nitrogens with two attached hydrogens (primary N) is 1. The van der Waals surface area contributed by atoms with Gasteiger partial charge in [-0.15, -0.1) is 0 Å². The van der Waals surface area contributed by atoms with Crippen molar-refractivity contribution in [3.8, 4) is 0 Å². The molecule has 2 rings (SSSR count). The number of hydrogen-bond donors (Lipinski definition) is 1. The molecular weight excluding hydrogens is 224 g/mol. The molecule has 3 nitrogen and oxygen atoms in total. The Kier molecular flexibility index (Phi) is 4.28. The highest BCUT2D eigenvalue weighted by molar-refractivity contribution is 5.79. The average molecular weight is 244 g/mol. The van der Waals surface area contributed by atoms with Gasteiger partial charge in [0.25, 0.3) is 0 Å². The van der Waals surface area contributed by atoms with E-state index in [1.54, 1.807) is 0 Å². The zero-order chi connectivity index (χ0) is 13.0. The Morgan fingerprint density at radius 3 is 2.89 bits per heavy atom. The van der Waals surface area contributed by atoms with Crippen LogP contribution in [0.5, 0.6) is 0 Å². The number of benzene rings is 1. The molecule has 2 aromatic rings. The minimum atomic E-state index is 0.0299. The van der Waals surface area contributed by atoms with Crippen LogP contribution in [0.2, 0.25) is 0 Å². The first-order valence-electron chi connectivity index (χ1n) is 6.41. The Labute approximate surface area is 108 Å². The summed E-state index contributed by atoms with van der Waals surface area (Å²) in [6.45, 7) is 5.45. The molecule has 1 aromatic carbocycles. The molecule has 3 heteroatoms. The highest BCUT2D eigenvalue weighted by atomic mass is 16.5. The zero-order valence-corrected chi connectivity index (χ0v) is 11.0. The average Bonchev–Trinajstić information content (AvgIpc) is 2.38. The molecule has 1 heterocycles. The zero-order valence-electron chi connectivity index (χ0n) is 11.0.